The number of aryl methyl sites for hydroxylation is 2. The fraction of sp³-hybridized carbons (Fsp3) is 0.0455. The van der Waals surface area contributed by atoms with E-state index < -0.39 is 0 Å². The fourth-order valence-electron chi connectivity index (χ4n) is 7.52. The van der Waals surface area contributed by atoms with Gasteiger partial charge in [0.2, 0.25) is 0 Å². The molecule has 0 aliphatic rings. The molecule has 0 saturated heterocycles. The molecule has 240 valence electrons. The first-order chi connectivity index (χ1) is 24.1. The van der Waals surface area contributed by atoms with Gasteiger partial charge in [0.15, 0.2) is 0 Å². The molecule has 0 atom stereocenters. The van der Waals surface area contributed by atoms with Crippen LogP contribution in [0, 0.1) is 26.0 Å². The largest absolute Gasteiger partial charge is 2.00 e. The number of aromatic nitrogens is 4. The molecule has 0 amide bonds. The SMILES string of the molecule is Cc1cccc(C)c1-c1ccc2c(c1)c1ccc(Oc3[c-]c4c(cc3)c3ccccc3n4-c3ccccn3)[c-]c1c1nc3ccccc3n21.[Pt+2]. The van der Waals surface area contributed by atoms with Gasteiger partial charge in [-0.1, -0.05) is 89.1 Å². The van der Waals surface area contributed by atoms with Crippen LogP contribution in [0.15, 0.2) is 134 Å². The third-order valence-electron chi connectivity index (χ3n) is 9.66. The number of ether oxygens (including phenoxy) is 1. The number of imidazole rings is 1. The Morgan fingerprint density at radius 3 is 2.16 bits per heavy atom. The molecule has 0 saturated carbocycles. The summed E-state index contributed by atoms with van der Waals surface area (Å²) in [6.45, 7) is 4.36. The Labute approximate surface area is 302 Å². The van der Waals surface area contributed by atoms with Crippen LogP contribution in [0.1, 0.15) is 11.1 Å². The Bertz CT molecular complexity index is 2920. The Morgan fingerprint density at radius 1 is 0.600 bits per heavy atom. The molecule has 6 aromatic carbocycles. The summed E-state index contributed by atoms with van der Waals surface area (Å²) in [5.74, 6) is 2.04. The van der Waals surface area contributed by atoms with Crippen LogP contribution in [0.5, 0.6) is 11.5 Å². The van der Waals surface area contributed by atoms with E-state index in [1.54, 1.807) is 0 Å². The number of hydrogen-bond acceptors (Lipinski definition) is 3. The molecule has 5 nitrogen and oxygen atoms in total. The fourth-order valence-corrected chi connectivity index (χ4v) is 7.52. The number of benzene rings is 6. The number of nitrogens with zero attached hydrogens (tertiary/aromatic N) is 4. The van der Waals surface area contributed by atoms with E-state index in [0.29, 0.717) is 11.5 Å². The molecule has 0 aliphatic carbocycles. The van der Waals surface area contributed by atoms with Crippen molar-refractivity contribution in [3.8, 4) is 28.4 Å². The van der Waals surface area contributed by atoms with E-state index in [4.69, 9.17) is 9.72 Å². The van der Waals surface area contributed by atoms with E-state index in [9.17, 15) is 0 Å². The van der Waals surface area contributed by atoms with E-state index in [-0.39, 0.29) is 21.1 Å². The first-order valence-electron chi connectivity index (χ1n) is 16.4. The summed E-state index contributed by atoms with van der Waals surface area (Å²) in [7, 11) is 0. The minimum absolute atomic E-state index is 0. The smallest absolute Gasteiger partial charge is 0.503 e. The van der Waals surface area contributed by atoms with Crippen molar-refractivity contribution in [1.29, 1.82) is 0 Å². The normalized spacial score (nSPS) is 11.6. The van der Waals surface area contributed by atoms with Gasteiger partial charge in [0.25, 0.3) is 0 Å². The van der Waals surface area contributed by atoms with Gasteiger partial charge in [-0.05, 0) is 83.3 Å². The molecule has 10 rings (SSSR count). The van der Waals surface area contributed by atoms with Gasteiger partial charge in [0, 0.05) is 28.7 Å². The number of hydrogen-bond donors (Lipinski definition) is 0. The standard InChI is InChI=1S/C44H28N4O.Pt/c1-27-10-9-11-28(2)43(27)29-17-22-39-35(24-29)32-20-18-30(25-36(32)44-46-37-13-4-6-15-40(37)48(39)44)49-31-19-21-34-33-12-3-5-14-38(33)47(41(34)26-31)42-16-7-8-23-45-42;/h3-24H,1-2H3;/q-2;+2. The van der Waals surface area contributed by atoms with Crippen molar-refractivity contribution in [3.63, 3.8) is 0 Å². The third-order valence-corrected chi connectivity index (χ3v) is 9.66. The quantitative estimate of drug-likeness (QED) is 0.131. The second-order valence-electron chi connectivity index (χ2n) is 12.6. The van der Waals surface area contributed by atoms with Crippen molar-refractivity contribution in [2.24, 2.45) is 0 Å². The van der Waals surface area contributed by atoms with Crippen LogP contribution in [-0.2, 0) is 21.1 Å². The molecule has 0 bridgehead atoms. The van der Waals surface area contributed by atoms with Gasteiger partial charge in [0.1, 0.15) is 5.82 Å². The first-order valence-corrected chi connectivity index (χ1v) is 16.4. The summed E-state index contributed by atoms with van der Waals surface area (Å²) in [5.41, 5.74) is 10.9. The molecule has 0 spiro atoms. The van der Waals surface area contributed by atoms with E-state index in [0.717, 1.165) is 66.0 Å². The first kappa shape index (κ1) is 30.3. The van der Waals surface area contributed by atoms with Crippen LogP contribution in [0.4, 0.5) is 0 Å². The topological polar surface area (TPSA) is 44.3 Å². The maximum Gasteiger partial charge on any atom is 2.00 e. The maximum atomic E-state index is 6.56. The molecule has 0 aliphatic heterocycles. The molecule has 0 unspecified atom stereocenters. The van der Waals surface area contributed by atoms with E-state index in [1.807, 2.05) is 42.6 Å². The van der Waals surface area contributed by atoms with Crippen molar-refractivity contribution >= 4 is 60.2 Å². The predicted octanol–water partition coefficient (Wildman–Crippen LogP) is 11.0. The van der Waals surface area contributed by atoms with Gasteiger partial charge < -0.3 is 13.7 Å². The molecule has 0 N–H and O–H groups in total. The molecule has 4 aromatic heterocycles. The average molecular weight is 824 g/mol. The van der Waals surface area contributed by atoms with E-state index >= 15 is 0 Å². The van der Waals surface area contributed by atoms with Gasteiger partial charge in [-0.15, -0.1) is 29.7 Å². The number of pyridine rings is 2. The second kappa shape index (κ2) is 11.7. The Kier molecular flexibility index (Phi) is 7.08. The molecule has 0 fully saturated rings. The monoisotopic (exact) mass is 823 g/mol. The van der Waals surface area contributed by atoms with Crippen LogP contribution < -0.4 is 4.74 Å². The van der Waals surface area contributed by atoms with Crippen molar-refractivity contribution in [2.75, 3.05) is 0 Å². The van der Waals surface area contributed by atoms with E-state index in [2.05, 4.69) is 131 Å². The Morgan fingerprint density at radius 2 is 1.34 bits per heavy atom. The predicted molar refractivity (Wildman–Crippen MR) is 199 cm³/mol. The molecule has 0 radical (unpaired) electrons. The van der Waals surface area contributed by atoms with Crippen molar-refractivity contribution in [3.05, 3.63) is 157 Å². The average Bonchev–Trinajstić information content (AvgIpc) is 3.68. The van der Waals surface area contributed by atoms with Crippen molar-refractivity contribution in [1.82, 2.24) is 18.9 Å². The van der Waals surface area contributed by atoms with Crippen LogP contribution in [-0.4, -0.2) is 18.9 Å². The third kappa shape index (κ3) is 4.58. The van der Waals surface area contributed by atoms with E-state index in [1.165, 1.54) is 22.3 Å². The van der Waals surface area contributed by atoms with Crippen LogP contribution in [0.2, 0.25) is 0 Å². The summed E-state index contributed by atoms with van der Waals surface area (Å²) < 4.78 is 11.0. The summed E-state index contributed by atoms with van der Waals surface area (Å²) in [5, 5.41) is 5.36. The van der Waals surface area contributed by atoms with Gasteiger partial charge in [-0.25, -0.2) is 4.98 Å². The summed E-state index contributed by atoms with van der Waals surface area (Å²) in [6, 6.07) is 51.3. The molecule has 4 heterocycles. The van der Waals surface area contributed by atoms with Gasteiger partial charge >= 0.3 is 21.1 Å². The summed E-state index contributed by atoms with van der Waals surface area (Å²) >= 11 is 0. The number of rotatable bonds is 4. The summed E-state index contributed by atoms with van der Waals surface area (Å²) in [4.78, 5) is 9.78. The van der Waals surface area contributed by atoms with Crippen molar-refractivity contribution in [2.45, 2.75) is 13.8 Å². The maximum absolute atomic E-state index is 6.56. The molecule has 50 heavy (non-hydrogen) atoms. The van der Waals surface area contributed by atoms with Gasteiger partial charge in [0.05, 0.1) is 16.7 Å². The minimum Gasteiger partial charge on any atom is -0.503 e. The molecule has 10 aromatic rings. The zero-order chi connectivity index (χ0) is 32.6. The van der Waals surface area contributed by atoms with Crippen LogP contribution >= 0.6 is 0 Å². The summed E-state index contributed by atoms with van der Waals surface area (Å²) in [6.07, 6.45) is 1.81. The number of para-hydroxylation sites is 3. The van der Waals surface area contributed by atoms with Crippen LogP contribution in [0.3, 0.4) is 0 Å². The zero-order valence-corrected chi connectivity index (χ0v) is 29.5. The number of fused-ring (bicyclic) bond motifs is 11. The van der Waals surface area contributed by atoms with Crippen molar-refractivity contribution < 1.29 is 25.8 Å². The Balaban J connectivity index is 0.00000336. The Hall–Kier alpha value is -5.77. The zero-order valence-electron chi connectivity index (χ0n) is 27.2. The van der Waals surface area contributed by atoms with Crippen LogP contribution in [0.25, 0.3) is 77.1 Å². The minimum atomic E-state index is 0. The van der Waals surface area contributed by atoms with Gasteiger partial charge in [-0.3, -0.25) is 4.98 Å². The van der Waals surface area contributed by atoms with Gasteiger partial charge in [-0.2, -0.15) is 6.07 Å². The molecular weight excluding hydrogens is 796 g/mol. The molecular formula is C44H28N4OPt. The molecule has 6 heteroatoms. The second-order valence-corrected chi connectivity index (χ2v) is 12.6.